The van der Waals surface area contributed by atoms with Crippen molar-refractivity contribution in [2.45, 2.75) is 6.42 Å². The van der Waals surface area contributed by atoms with Gasteiger partial charge < -0.3 is 0 Å². The Kier molecular flexibility index (Phi) is 3.37. The number of aromatic nitrogens is 3. The summed E-state index contributed by atoms with van der Waals surface area (Å²) in [5.41, 5.74) is 3.49. The normalized spacial score (nSPS) is 10.9. The summed E-state index contributed by atoms with van der Waals surface area (Å²) in [5, 5.41) is 1.05. The first-order valence-corrected chi connectivity index (χ1v) is 7.91. The van der Waals surface area contributed by atoms with Crippen LogP contribution in [-0.4, -0.2) is 15.0 Å². The molecule has 4 heteroatoms. The minimum atomic E-state index is 0.681. The molecule has 0 bridgehead atoms. The summed E-state index contributed by atoms with van der Waals surface area (Å²) in [5.74, 6) is 0.810. The summed E-state index contributed by atoms with van der Waals surface area (Å²) in [6.07, 6.45) is 4.22. The third-order valence-electron chi connectivity index (χ3n) is 3.47. The summed E-state index contributed by atoms with van der Waals surface area (Å²) in [4.78, 5) is 13.2. The maximum Gasteiger partial charge on any atom is 0.134 e. The van der Waals surface area contributed by atoms with E-state index in [-0.39, 0.29) is 0 Å². The van der Waals surface area contributed by atoms with Crippen molar-refractivity contribution in [1.82, 2.24) is 15.0 Å². The molecule has 0 amide bonds. The molecule has 4 rings (SSSR count). The Labute approximate surface area is 132 Å². The number of thiazole rings is 1. The van der Waals surface area contributed by atoms with E-state index in [9.17, 15) is 0 Å². The van der Waals surface area contributed by atoms with Crippen molar-refractivity contribution < 1.29 is 0 Å². The highest BCUT2D eigenvalue weighted by Crippen LogP contribution is 2.28. The van der Waals surface area contributed by atoms with Crippen molar-refractivity contribution in [3.63, 3.8) is 0 Å². The molecule has 0 aliphatic carbocycles. The van der Waals surface area contributed by atoms with Gasteiger partial charge in [-0.05, 0) is 29.3 Å². The van der Waals surface area contributed by atoms with Crippen molar-refractivity contribution >= 4 is 21.6 Å². The van der Waals surface area contributed by atoms with Gasteiger partial charge >= 0.3 is 0 Å². The molecule has 3 nitrogen and oxygen atoms in total. The Morgan fingerprint density at radius 3 is 2.45 bits per heavy atom. The monoisotopic (exact) mass is 303 g/mol. The van der Waals surface area contributed by atoms with Crippen LogP contribution in [0.1, 0.15) is 10.8 Å². The molecular formula is C18H13N3S. The Morgan fingerprint density at radius 2 is 1.64 bits per heavy atom. The number of benzene rings is 2. The average Bonchev–Trinajstić information content (AvgIpc) is 2.98. The lowest BCUT2D eigenvalue weighted by atomic mass is 10.1. The molecular weight excluding hydrogens is 290 g/mol. The zero-order chi connectivity index (χ0) is 14.8. The van der Waals surface area contributed by atoms with Crippen LogP contribution in [0.25, 0.3) is 21.3 Å². The van der Waals surface area contributed by atoms with E-state index in [1.807, 2.05) is 12.1 Å². The molecule has 0 radical (unpaired) electrons. The molecule has 0 spiro atoms. The molecule has 0 aliphatic rings. The third kappa shape index (κ3) is 2.61. The van der Waals surface area contributed by atoms with Crippen molar-refractivity contribution in [1.29, 1.82) is 0 Å². The Morgan fingerprint density at radius 1 is 0.818 bits per heavy atom. The van der Waals surface area contributed by atoms with E-state index in [1.54, 1.807) is 23.7 Å². The zero-order valence-electron chi connectivity index (χ0n) is 11.8. The number of hydrogen-bond donors (Lipinski definition) is 0. The molecule has 106 valence electrons. The predicted molar refractivity (Wildman–Crippen MR) is 89.9 cm³/mol. The summed E-state index contributed by atoms with van der Waals surface area (Å²) < 4.78 is 1.20. The van der Waals surface area contributed by atoms with Gasteiger partial charge in [0, 0.05) is 12.4 Å². The van der Waals surface area contributed by atoms with Gasteiger partial charge in [-0.1, -0.05) is 36.4 Å². The summed E-state index contributed by atoms with van der Waals surface area (Å²) in [6, 6.07) is 18.7. The second-order valence-electron chi connectivity index (χ2n) is 5.00. The number of hydrogen-bond acceptors (Lipinski definition) is 4. The molecule has 2 heterocycles. The van der Waals surface area contributed by atoms with Crippen molar-refractivity contribution in [3.05, 3.63) is 77.8 Å². The van der Waals surface area contributed by atoms with Gasteiger partial charge in [0.15, 0.2) is 0 Å². The molecule has 0 atom stereocenters. The van der Waals surface area contributed by atoms with Crippen molar-refractivity contribution in [2.24, 2.45) is 0 Å². The standard InChI is InChI=1S/C18H13N3S/c1-2-5-13(6-3-1)14-7-8-15-16(11-14)22-18(21-15)12-17-19-9-4-10-20-17/h1-11H,12H2. The summed E-state index contributed by atoms with van der Waals surface area (Å²) in [6.45, 7) is 0. The van der Waals surface area contributed by atoms with Crippen LogP contribution in [0.15, 0.2) is 67.0 Å². The van der Waals surface area contributed by atoms with Gasteiger partial charge in [0.05, 0.1) is 16.6 Å². The molecule has 2 aromatic carbocycles. The molecule has 0 saturated heterocycles. The Bertz CT molecular complexity index is 901. The molecule has 22 heavy (non-hydrogen) atoms. The zero-order valence-corrected chi connectivity index (χ0v) is 12.6. The van der Waals surface area contributed by atoms with Gasteiger partial charge in [-0.25, -0.2) is 15.0 Å². The van der Waals surface area contributed by atoms with E-state index in [0.29, 0.717) is 6.42 Å². The van der Waals surface area contributed by atoms with Gasteiger partial charge in [0.1, 0.15) is 10.8 Å². The van der Waals surface area contributed by atoms with Gasteiger partial charge in [-0.3, -0.25) is 0 Å². The molecule has 0 N–H and O–H groups in total. The number of nitrogens with zero attached hydrogens (tertiary/aromatic N) is 3. The number of fused-ring (bicyclic) bond motifs is 1. The minimum Gasteiger partial charge on any atom is -0.241 e. The highest BCUT2D eigenvalue weighted by atomic mass is 32.1. The van der Waals surface area contributed by atoms with Crippen LogP contribution in [0, 0.1) is 0 Å². The van der Waals surface area contributed by atoms with Crippen LogP contribution in [-0.2, 0) is 6.42 Å². The lowest BCUT2D eigenvalue weighted by Crippen LogP contribution is -1.93. The van der Waals surface area contributed by atoms with E-state index in [2.05, 4.69) is 57.4 Å². The maximum absolute atomic E-state index is 4.68. The first-order chi connectivity index (χ1) is 10.9. The molecule has 0 unspecified atom stereocenters. The topological polar surface area (TPSA) is 38.7 Å². The van der Waals surface area contributed by atoms with Crippen LogP contribution in [0.3, 0.4) is 0 Å². The molecule has 0 fully saturated rings. The van der Waals surface area contributed by atoms with Crippen molar-refractivity contribution in [3.8, 4) is 11.1 Å². The van der Waals surface area contributed by atoms with Gasteiger partial charge in [0.25, 0.3) is 0 Å². The highest BCUT2D eigenvalue weighted by Gasteiger charge is 2.07. The molecule has 4 aromatic rings. The van der Waals surface area contributed by atoms with E-state index in [1.165, 1.54) is 15.8 Å². The second-order valence-corrected chi connectivity index (χ2v) is 6.11. The smallest absolute Gasteiger partial charge is 0.134 e. The molecule has 2 aromatic heterocycles. The van der Waals surface area contributed by atoms with Crippen LogP contribution in [0.2, 0.25) is 0 Å². The largest absolute Gasteiger partial charge is 0.241 e. The minimum absolute atomic E-state index is 0.681. The third-order valence-corrected chi connectivity index (χ3v) is 4.49. The SMILES string of the molecule is c1ccc(-c2ccc3nc(Cc4ncccn4)sc3c2)cc1. The van der Waals surface area contributed by atoms with Gasteiger partial charge in [0.2, 0.25) is 0 Å². The second kappa shape index (κ2) is 5.66. The van der Waals surface area contributed by atoms with Crippen LogP contribution >= 0.6 is 11.3 Å². The fourth-order valence-corrected chi connectivity index (χ4v) is 3.42. The lowest BCUT2D eigenvalue weighted by molar-refractivity contribution is 0.960. The van der Waals surface area contributed by atoms with E-state index >= 15 is 0 Å². The highest BCUT2D eigenvalue weighted by molar-refractivity contribution is 7.18. The van der Waals surface area contributed by atoms with E-state index in [0.717, 1.165) is 16.3 Å². The van der Waals surface area contributed by atoms with E-state index in [4.69, 9.17) is 0 Å². The first kappa shape index (κ1) is 13.1. The van der Waals surface area contributed by atoms with Gasteiger partial charge in [-0.15, -0.1) is 11.3 Å². The quantitative estimate of drug-likeness (QED) is 0.565. The van der Waals surface area contributed by atoms with Crippen LogP contribution in [0.4, 0.5) is 0 Å². The maximum atomic E-state index is 4.68. The van der Waals surface area contributed by atoms with Crippen LogP contribution in [0.5, 0.6) is 0 Å². The first-order valence-electron chi connectivity index (χ1n) is 7.09. The van der Waals surface area contributed by atoms with Crippen molar-refractivity contribution in [2.75, 3.05) is 0 Å². The van der Waals surface area contributed by atoms with E-state index < -0.39 is 0 Å². The number of rotatable bonds is 3. The fraction of sp³-hybridized carbons (Fsp3) is 0.0556. The molecule has 0 aliphatic heterocycles. The van der Waals surface area contributed by atoms with Gasteiger partial charge in [-0.2, -0.15) is 0 Å². The Balaban J connectivity index is 1.69. The molecule has 0 saturated carbocycles. The lowest BCUT2D eigenvalue weighted by Gasteiger charge is -2.00. The predicted octanol–water partition coefficient (Wildman–Crippen LogP) is 4.34. The summed E-state index contributed by atoms with van der Waals surface area (Å²) in [7, 11) is 0. The van der Waals surface area contributed by atoms with Crippen LogP contribution < -0.4 is 0 Å². The fourth-order valence-electron chi connectivity index (χ4n) is 2.41. The average molecular weight is 303 g/mol. The summed E-state index contributed by atoms with van der Waals surface area (Å²) >= 11 is 1.71. The Hall–Kier alpha value is -2.59.